The first-order chi connectivity index (χ1) is 7.66. The molecular weight excluding hydrogens is 217 g/mol. The normalized spacial score (nSPS) is 31.7. The molecule has 1 aliphatic rings. The van der Waals surface area contributed by atoms with E-state index < -0.39 is 5.67 Å². The van der Waals surface area contributed by atoms with Crippen LogP contribution >= 0.6 is 0 Å². The standard InChI is InChI=1S/C13H26FN3/c1-9-11(10(2)15)6-16-8-13(9,5)17-7-12(3,4)14/h6,9-10,16-17H,7-8,15H2,1-5H3/t9?,10-,13-/m1/s1. The van der Waals surface area contributed by atoms with Crippen molar-refractivity contribution in [3.8, 4) is 0 Å². The van der Waals surface area contributed by atoms with E-state index in [-0.39, 0.29) is 11.6 Å². The molecule has 0 saturated heterocycles. The van der Waals surface area contributed by atoms with Crippen LogP contribution in [0.3, 0.4) is 0 Å². The van der Waals surface area contributed by atoms with Crippen molar-refractivity contribution in [1.29, 1.82) is 0 Å². The van der Waals surface area contributed by atoms with E-state index in [2.05, 4.69) is 24.5 Å². The highest BCUT2D eigenvalue weighted by Gasteiger charge is 2.37. The maximum atomic E-state index is 13.6. The van der Waals surface area contributed by atoms with E-state index >= 15 is 0 Å². The first-order valence-corrected chi connectivity index (χ1v) is 6.28. The fourth-order valence-corrected chi connectivity index (χ4v) is 2.18. The Morgan fingerprint density at radius 2 is 2.29 bits per heavy atom. The first kappa shape index (κ1) is 14.5. The van der Waals surface area contributed by atoms with E-state index in [1.807, 2.05) is 13.1 Å². The van der Waals surface area contributed by atoms with Gasteiger partial charge in [0.2, 0.25) is 0 Å². The lowest BCUT2D eigenvalue weighted by Crippen LogP contribution is -2.60. The van der Waals surface area contributed by atoms with E-state index in [1.54, 1.807) is 13.8 Å². The minimum Gasteiger partial charge on any atom is -0.389 e. The van der Waals surface area contributed by atoms with Crippen molar-refractivity contribution in [2.45, 2.75) is 51.9 Å². The van der Waals surface area contributed by atoms with Gasteiger partial charge >= 0.3 is 0 Å². The molecule has 0 amide bonds. The predicted molar refractivity (Wildman–Crippen MR) is 70.5 cm³/mol. The van der Waals surface area contributed by atoms with Crippen molar-refractivity contribution < 1.29 is 4.39 Å². The SMILES string of the molecule is CC1C([C@@H](C)N)=CNC[C@@]1(C)NCC(C)(C)F. The second-order valence-corrected chi connectivity index (χ2v) is 6.03. The van der Waals surface area contributed by atoms with Gasteiger partial charge in [-0.2, -0.15) is 0 Å². The molecule has 17 heavy (non-hydrogen) atoms. The van der Waals surface area contributed by atoms with Gasteiger partial charge < -0.3 is 16.4 Å². The van der Waals surface area contributed by atoms with E-state index in [0.717, 1.165) is 6.54 Å². The number of rotatable bonds is 4. The van der Waals surface area contributed by atoms with Crippen LogP contribution < -0.4 is 16.4 Å². The molecule has 0 bridgehead atoms. The summed E-state index contributed by atoms with van der Waals surface area (Å²) >= 11 is 0. The summed E-state index contributed by atoms with van der Waals surface area (Å²) < 4.78 is 13.6. The molecule has 3 nitrogen and oxygen atoms in total. The number of nitrogens with one attached hydrogen (secondary N) is 2. The summed E-state index contributed by atoms with van der Waals surface area (Å²) in [5, 5.41) is 6.59. The summed E-state index contributed by atoms with van der Waals surface area (Å²) in [6.45, 7) is 10.6. The van der Waals surface area contributed by atoms with E-state index in [0.29, 0.717) is 12.5 Å². The molecule has 4 N–H and O–H groups in total. The van der Waals surface area contributed by atoms with Crippen molar-refractivity contribution in [2.24, 2.45) is 11.7 Å². The van der Waals surface area contributed by atoms with Gasteiger partial charge in [-0.25, -0.2) is 4.39 Å². The molecular formula is C13H26FN3. The fraction of sp³-hybridized carbons (Fsp3) is 0.846. The minimum atomic E-state index is -1.20. The van der Waals surface area contributed by atoms with Crippen molar-refractivity contribution in [3.63, 3.8) is 0 Å². The number of halogens is 1. The molecule has 0 aliphatic carbocycles. The van der Waals surface area contributed by atoms with Gasteiger partial charge in [-0.15, -0.1) is 0 Å². The molecule has 4 heteroatoms. The van der Waals surface area contributed by atoms with Crippen LogP contribution in [0.5, 0.6) is 0 Å². The second kappa shape index (κ2) is 4.94. The smallest absolute Gasteiger partial charge is 0.117 e. The van der Waals surface area contributed by atoms with Crippen molar-refractivity contribution in [1.82, 2.24) is 10.6 Å². The Bertz CT molecular complexity index is 294. The van der Waals surface area contributed by atoms with Gasteiger partial charge in [0.1, 0.15) is 5.67 Å². The molecule has 0 spiro atoms. The zero-order chi connectivity index (χ0) is 13.3. The van der Waals surface area contributed by atoms with Crippen molar-refractivity contribution >= 4 is 0 Å². The lowest BCUT2D eigenvalue weighted by Gasteiger charge is -2.43. The Labute approximate surface area is 104 Å². The van der Waals surface area contributed by atoms with Gasteiger partial charge in [-0.05, 0) is 45.4 Å². The molecule has 100 valence electrons. The summed E-state index contributed by atoms with van der Waals surface area (Å²) in [7, 11) is 0. The largest absolute Gasteiger partial charge is 0.389 e. The van der Waals surface area contributed by atoms with Crippen molar-refractivity contribution in [2.75, 3.05) is 13.1 Å². The van der Waals surface area contributed by atoms with Crippen LogP contribution in [-0.2, 0) is 0 Å². The summed E-state index contributed by atoms with van der Waals surface area (Å²) in [4.78, 5) is 0. The molecule has 0 aromatic rings. The van der Waals surface area contributed by atoms with Crippen LogP contribution in [0.1, 0.15) is 34.6 Å². The van der Waals surface area contributed by atoms with E-state index in [1.165, 1.54) is 5.57 Å². The molecule has 0 saturated carbocycles. The molecule has 1 heterocycles. The minimum absolute atomic E-state index is 0.0253. The lowest BCUT2D eigenvalue weighted by atomic mass is 9.77. The Hall–Kier alpha value is -0.610. The number of hydrogen-bond donors (Lipinski definition) is 3. The van der Waals surface area contributed by atoms with Gasteiger partial charge in [0.15, 0.2) is 0 Å². The average Bonchev–Trinajstić information content (AvgIpc) is 2.18. The van der Waals surface area contributed by atoms with Crippen LogP contribution in [-0.4, -0.2) is 30.3 Å². The molecule has 1 rings (SSSR count). The third-order valence-electron chi connectivity index (χ3n) is 3.63. The fourth-order valence-electron chi connectivity index (χ4n) is 2.18. The highest BCUT2D eigenvalue weighted by atomic mass is 19.1. The number of hydrogen-bond acceptors (Lipinski definition) is 3. The van der Waals surface area contributed by atoms with Crippen molar-refractivity contribution in [3.05, 3.63) is 11.8 Å². The van der Waals surface area contributed by atoms with Crippen LogP contribution in [0.15, 0.2) is 11.8 Å². The maximum absolute atomic E-state index is 13.6. The summed E-state index contributed by atoms with van der Waals surface area (Å²) in [5.41, 5.74) is 5.79. The molecule has 1 unspecified atom stereocenters. The predicted octanol–water partition coefficient (Wildman–Crippen LogP) is 1.55. The Kier molecular flexibility index (Phi) is 4.20. The average molecular weight is 243 g/mol. The van der Waals surface area contributed by atoms with E-state index in [4.69, 9.17) is 5.73 Å². The second-order valence-electron chi connectivity index (χ2n) is 6.03. The molecule has 0 aromatic heterocycles. The summed E-state index contributed by atoms with van der Waals surface area (Å²) in [6.07, 6.45) is 2.00. The van der Waals surface area contributed by atoms with Crippen LogP contribution in [0.4, 0.5) is 4.39 Å². The van der Waals surface area contributed by atoms with E-state index in [9.17, 15) is 4.39 Å². The zero-order valence-electron chi connectivity index (χ0n) is 11.6. The lowest BCUT2D eigenvalue weighted by molar-refractivity contribution is 0.162. The monoisotopic (exact) mass is 243 g/mol. The van der Waals surface area contributed by atoms with Gasteiger partial charge in [-0.3, -0.25) is 0 Å². The summed E-state index contributed by atoms with van der Waals surface area (Å²) in [6, 6.07) is 0.0253. The highest BCUT2D eigenvalue weighted by Crippen LogP contribution is 2.29. The molecule has 0 radical (unpaired) electrons. The number of nitrogens with two attached hydrogens (primary N) is 1. The Morgan fingerprint density at radius 3 is 2.76 bits per heavy atom. The molecule has 0 fully saturated rings. The molecule has 3 atom stereocenters. The van der Waals surface area contributed by atoms with Crippen LogP contribution in [0.25, 0.3) is 0 Å². The third kappa shape index (κ3) is 3.68. The van der Waals surface area contributed by atoms with Gasteiger partial charge in [-0.1, -0.05) is 6.92 Å². The van der Waals surface area contributed by atoms with Crippen LogP contribution in [0.2, 0.25) is 0 Å². The Balaban J connectivity index is 2.74. The maximum Gasteiger partial charge on any atom is 0.117 e. The number of alkyl halides is 1. The van der Waals surface area contributed by atoms with Gasteiger partial charge in [0.05, 0.1) is 0 Å². The zero-order valence-corrected chi connectivity index (χ0v) is 11.6. The van der Waals surface area contributed by atoms with Crippen LogP contribution in [0, 0.1) is 5.92 Å². The highest BCUT2D eigenvalue weighted by molar-refractivity contribution is 5.21. The Morgan fingerprint density at radius 1 is 1.71 bits per heavy atom. The first-order valence-electron chi connectivity index (χ1n) is 6.28. The summed E-state index contributed by atoms with van der Waals surface area (Å²) in [5.74, 6) is 0.297. The van der Waals surface area contributed by atoms with Gasteiger partial charge in [0.25, 0.3) is 0 Å². The topological polar surface area (TPSA) is 50.1 Å². The quantitative estimate of drug-likeness (QED) is 0.702. The van der Waals surface area contributed by atoms with Gasteiger partial charge in [0, 0.05) is 24.7 Å². The molecule has 1 aliphatic heterocycles. The third-order valence-corrected chi connectivity index (χ3v) is 3.63. The molecule has 0 aromatic carbocycles.